The summed E-state index contributed by atoms with van der Waals surface area (Å²) < 4.78 is 0. The molecule has 1 aromatic rings. The third-order valence-electron chi connectivity index (χ3n) is 3.99. The molecule has 1 aliphatic rings. The van der Waals surface area contributed by atoms with Crippen LogP contribution in [0.15, 0.2) is 24.4 Å². The van der Waals surface area contributed by atoms with E-state index in [1.54, 1.807) is 0 Å². The Kier molecular flexibility index (Phi) is 4.32. The maximum Gasteiger partial charge on any atom is 0.0627 e. The van der Waals surface area contributed by atoms with Gasteiger partial charge < -0.3 is 10.0 Å². The number of pyridine rings is 1. The minimum atomic E-state index is -0.0902. The van der Waals surface area contributed by atoms with E-state index in [0.29, 0.717) is 0 Å². The number of aliphatic hydroxyl groups excluding tert-OH is 1. The van der Waals surface area contributed by atoms with Crippen molar-refractivity contribution < 1.29 is 5.11 Å². The Bertz CT molecular complexity index is 369. The summed E-state index contributed by atoms with van der Waals surface area (Å²) in [7, 11) is 4.11. The minimum Gasteiger partial charge on any atom is -0.394 e. The quantitative estimate of drug-likeness (QED) is 0.863. The second-order valence-electron chi connectivity index (χ2n) is 5.41. The molecule has 2 heterocycles. The zero-order valence-corrected chi connectivity index (χ0v) is 11.3. The monoisotopic (exact) mass is 249 g/mol. The van der Waals surface area contributed by atoms with Gasteiger partial charge in [-0.25, -0.2) is 0 Å². The Labute approximate surface area is 109 Å². The molecule has 100 valence electrons. The Hall–Kier alpha value is -0.970. The van der Waals surface area contributed by atoms with Crippen molar-refractivity contribution in [1.29, 1.82) is 0 Å². The van der Waals surface area contributed by atoms with Crippen molar-refractivity contribution in [3.8, 4) is 0 Å². The van der Waals surface area contributed by atoms with Crippen LogP contribution in [0.5, 0.6) is 0 Å². The predicted molar refractivity (Wildman–Crippen MR) is 72.3 cm³/mol. The largest absolute Gasteiger partial charge is 0.394 e. The summed E-state index contributed by atoms with van der Waals surface area (Å²) in [5.74, 6) is 0. The predicted octanol–water partition coefficient (Wildman–Crippen LogP) is 0.970. The molecule has 0 amide bonds. The molecule has 0 bridgehead atoms. The molecule has 4 nitrogen and oxygen atoms in total. The average molecular weight is 249 g/mol. The van der Waals surface area contributed by atoms with Gasteiger partial charge in [-0.2, -0.15) is 0 Å². The van der Waals surface area contributed by atoms with Gasteiger partial charge in [0.15, 0.2) is 0 Å². The lowest BCUT2D eigenvalue weighted by atomic mass is 9.88. The normalized spacial score (nSPS) is 25.6. The van der Waals surface area contributed by atoms with Crippen molar-refractivity contribution in [2.24, 2.45) is 0 Å². The van der Waals surface area contributed by atoms with Gasteiger partial charge >= 0.3 is 0 Å². The summed E-state index contributed by atoms with van der Waals surface area (Å²) >= 11 is 0. The van der Waals surface area contributed by atoms with Crippen LogP contribution in [0.2, 0.25) is 0 Å². The summed E-state index contributed by atoms with van der Waals surface area (Å²) in [5, 5.41) is 9.71. The highest BCUT2D eigenvalue weighted by molar-refractivity contribution is 5.04. The number of rotatable bonds is 4. The lowest BCUT2D eigenvalue weighted by molar-refractivity contribution is -0.00312. The van der Waals surface area contributed by atoms with Crippen LogP contribution in [0.1, 0.15) is 18.5 Å². The van der Waals surface area contributed by atoms with E-state index in [1.807, 2.05) is 18.3 Å². The van der Waals surface area contributed by atoms with Gasteiger partial charge in [-0.15, -0.1) is 0 Å². The van der Waals surface area contributed by atoms with Gasteiger partial charge in [0.05, 0.1) is 17.8 Å². The zero-order chi connectivity index (χ0) is 13.0. The number of hydrogen-bond acceptors (Lipinski definition) is 4. The first-order valence-corrected chi connectivity index (χ1v) is 6.57. The van der Waals surface area contributed by atoms with Gasteiger partial charge in [0, 0.05) is 19.3 Å². The van der Waals surface area contributed by atoms with E-state index in [2.05, 4.69) is 34.9 Å². The van der Waals surface area contributed by atoms with Crippen LogP contribution in [0.3, 0.4) is 0 Å². The summed E-state index contributed by atoms with van der Waals surface area (Å²) in [4.78, 5) is 8.93. The number of likely N-dealkylation sites (N-methyl/N-ethyl adjacent to an activating group) is 1. The van der Waals surface area contributed by atoms with E-state index in [4.69, 9.17) is 0 Å². The lowest BCUT2D eigenvalue weighted by Crippen LogP contribution is -2.58. The Morgan fingerprint density at radius 1 is 1.44 bits per heavy atom. The Balaban J connectivity index is 2.02. The van der Waals surface area contributed by atoms with Crippen LogP contribution in [0, 0.1) is 0 Å². The Morgan fingerprint density at radius 2 is 2.28 bits per heavy atom. The van der Waals surface area contributed by atoms with E-state index in [-0.39, 0.29) is 12.1 Å². The van der Waals surface area contributed by atoms with Crippen molar-refractivity contribution >= 4 is 0 Å². The fourth-order valence-corrected chi connectivity index (χ4v) is 2.70. The number of aromatic nitrogens is 1. The maximum atomic E-state index is 9.71. The molecule has 0 spiro atoms. The van der Waals surface area contributed by atoms with Crippen LogP contribution in [-0.2, 0) is 6.54 Å². The van der Waals surface area contributed by atoms with E-state index >= 15 is 0 Å². The molecule has 1 aromatic heterocycles. The second-order valence-corrected chi connectivity index (χ2v) is 5.41. The maximum absolute atomic E-state index is 9.71. The van der Waals surface area contributed by atoms with Crippen LogP contribution >= 0.6 is 0 Å². The molecular weight excluding hydrogens is 226 g/mol. The highest BCUT2D eigenvalue weighted by Crippen LogP contribution is 2.26. The molecule has 18 heavy (non-hydrogen) atoms. The number of nitrogens with zero attached hydrogens (tertiary/aromatic N) is 3. The van der Waals surface area contributed by atoms with E-state index < -0.39 is 0 Å². The fourth-order valence-electron chi connectivity index (χ4n) is 2.70. The van der Waals surface area contributed by atoms with Crippen molar-refractivity contribution in [1.82, 2.24) is 14.8 Å². The van der Waals surface area contributed by atoms with Gasteiger partial charge in [0.2, 0.25) is 0 Å². The second kappa shape index (κ2) is 5.78. The van der Waals surface area contributed by atoms with Crippen LogP contribution in [-0.4, -0.2) is 59.2 Å². The molecule has 0 radical (unpaired) electrons. The Morgan fingerprint density at radius 3 is 2.89 bits per heavy atom. The molecular formula is C14H23N3O. The van der Waals surface area contributed by atoms with Gasteiger partial charge in [-0.1, -0.05) is 6.07 Å². The van der Waals surface area contributed by atoms with Gasteiger partial charge in [-0.3, -0.25) is 9.88 Å². The summed E-state index contributed by atoms with van der Waals surface area (Å²) in [6.45, 7) is 3.09. The third-order valence-corrected chi connectivity index (χ3v) is 3.99. The van der Waals surface area contributed by atoms with Gasteiger partial charge in [0.1, 0.15) is 0 Å². The summed E-state index contributed by atoms with van der Waals surface area (Å²) in [5.41, 5.74) is 1.01. The van der Waals surface area contributed by atoms with Crippen LogP contribution in [0.25, 0.3) is 0 Å². The molecule has 0 saturated carbocycles. The summed E-state index contributed by atoms with van der Waals surface area (Å²) in [6, 6.07) is 6.03. The third kappa shape index (κ3) is 2.88. The molecule has 0 aromatic carbocycles. The molecule has 1 atom stereocenters. The molecule has 1 unspecified atom stereocenters. The number of likely N-dealkylation sites (tertiary alicyclic amines) is 1. The van der Waals surface area contributed by atoms with E-state index in [1.165, 1.54) is 0 Å². The smallest absolute Gasteiger partial charge is 0.0627 e. The first-order chi connectivity index (χ1) is 8.66. The average Bonchev–Trinajstić information content (AvgIpc) is 2.40. The summed E-state index contributed by atoms with van der Waals surface area (Å²) in [6.07, 6.45) is 4.03. The van der Waals surface area contributed by atoms with Crippen LogP contribution < -0.4 is 0 Å². The lowest BCUT2D eigenvalue weighted by Gasteiger charge is -2.46. The molecule has 1 saturated heterocycles. The molecule has 2 rings (SSSR count). The highest BCUT2D eigenvalue weighted by Gasteiger charge is 2.36. The van der Waals surface area contributed by atoms with Gasteiger partial charge in [0.25, 0.3) is 0 Å². The fraction of sp³-hybridized carbons (Fsp3) is 0.643. The highest BCUT2D eigenvalue weighted by atomic mass is 16.3. The van der Waals surface area contributed by atoms with Crippen LogP contribution in [0.4, 0.5) is 0 Å². The number of piperidine rings is 1. The van der Waals surface area contributed by atoms with E-state index in [0.717, 1.165) is 38.2 Å². The number of aliphatic hydroxyl groups is 1. The van der Waals surface area contributed by atoms with Crippen molar-refractivity contribution in [3.63, 3.8) is 0 Å². The molecule has 0 aliphatic carbocycles. The molecule has 1 fully saturated rings. The zero-order valence-electron chi connectivity index (χ0n) is 11.3. The first-order valence-electron chi connectivity index (χ1n) is 6.57. The van der Waals surface area contributed by atoms with Gasteiger partial charge in [-0.05, 0) is 45.6 Å². The number of hydrogen-bond donors (Lipinski definition) is 1. The van der Waals surface area contributed by atoms with Crippen molar-refractivity contribution in [2.45, 2.75) is 24.9 Å². The SMILES string of the molecule is CN(C)C1(CO)CCCN(Cc2ccccn2)C1. The molecule has 4 heteroatoms. The molecule has 1 N–H and O–H groups in total. The standard InChI is InChI=1S/C14H23N3O/c1-16(2)14(12-18)7-5-9-17(11-14)10-13-6-3-4-8-15-13/h3-4,6,8,18H,5,7,9-12H2,1-2H3. The first kappa shape index (κ1) is 13.5. The topological polar surface area (TPSA) is 39.6 Å². The van der Waals surface area contributed by atoms with E-state index in [9.17, 15) is 5.11 Å². The molecule has 1 aliphatic heterocycles. The minimum absolute atomic E-state index is 0.0902. The van der Waals surface area contributed by atoms with Crippen molar-refractivity contribution in [2.75, 3.05) is 33.8 Å². The van der Waals surface area contributed by atoms with Crippen molar-refractivity contribution in [3.05, 3.63) is 30.1 Å².